The molecular formula is C26H26N4O6. The number of ether oxygens (including phenoxy) is 3. The number of aromatic nitrogens is 2. The summed E-state index contributed by atoms with van der Waals surface area (Å²) in [5.41, 5.74) is 1.09. The third-order valence-corrected chi connectivity index (χ3v) is 6.44. The molecule has 1 aromatic heterocycles. The predicted octanol–water partition coefficient (Wildman–Crippen LogP) is 2.48. The van der Waals surface area contributed by atoms with E-state index in [1.165, 1.54) is 22.9 Å². The number of fused-ring (bicyclic) bond motifs is 2. The second kappa shape index (κ2) is 9.03. The predicted molar refractivity (Wildman–Crippen MR) is 129 cm³/mol. The summed E-state index contributed by atoms with van der Waals surface area (Å²) in [5.74, 6) is -0.609. The van der Waals surface area contributed by atoms with Crippen LogP contribution in [0, 0.1) is 6.92 Å². The number of nitrogens with zero attached hydrogens (tertiary/aromatic N) is 3. The van der Waals surface area contributed by atoms with E-state index in [0.29, 0.717) is 36.9 Å². The van der Waals surface area contributed by atoms with Gasteiger partial charge in [0.2, 0.25) is 5.91 Å². The molecule has 10 heteroatoms. The van der Waals surface area contributed by atoms with Crippen molar-refractivity contribution in [2.75, 3.05) is 25.2 Å². The number of benzene rings is 2. The molecule has 0 saturated carbocycles. The van der Waals surface area contributed by atoms with Crippen molar-refractivity contribution in [2.24, 2.45) is 0 Å². The van der Waals surface area contributed by atoms with Gasteiger partial charge in [-0.2, -0.15) is 0 Å². The number of methoxy groups -OCH3 is 1. The Kier molecular flexibility index (Phi) is 5.87. The lowest BCUT2D eigenvalue weighted by Crippen LogP contribution is -2.64. The molecule has 1 atom stereocenters. The fourth-order valence-corrected chi connectivity index (χ4v) is 4.53. The Morgan fingerprint density at radius 2 is 1.83 bits per heavy atom. The summed E-state index contributed by atoms with van der Waals surface area (Å²) in [5, 5.41) is 2.97. The van der Waals surface area contributed by atoms with Crippen LogP contribution in [0.5, 0.6) is 11.5 Å². The summed E-state index contributed by atoms with van der Waals surface area (Å²) >= 11 is 0. The smallest absolute Gasteiger partial charge is 0.359 e. The van der Waals surface area contributed by atoms with Crippen LogP contribution in [0.3, 0.4) is 0 Å². The molecular weight excluding hydrogens is 464 g/mol. The van der Waals surface area contributed by atoms with Crippen LogP contribution >= 0.6 is 0 Å². The van der Waals surface area contributed by atoms with Crippen LogP contribution < -0.4 is 19.7 Å². The molecule has 0 saturated heterocycles. The summed E-state index contributed by atoms with van der Waals surface area (Å²) in [6.45, 7) is 4.85. The summed E-state index contributed by atoms with van der Waals surface area (Å²) in [6, 6.07) is 12.9. The van der Waals surface area contributed by atoms with Crippen molar-refractivity contribution in [1.82, 2.24) is 14.9 Å². The average Bonchev–Trinajstić information content (AvgIpc) is 3.31. The highest BCUT2D eigenvalue weighted by Crippen LogP contribution is 2.39. The van der Waals surface area contributed by atoms with Gasteiger partial charge in [0.25, 0.3) is 5.91 Å². The number of nitrogens with one attached hydrogen (secondary N) is 1. The van der Waals surface area contributed by atoms with E-state index in [-0.39, 0.29) is 23.8 Å². The van der Waals surface area contributed by atoms with Crippen molar-refractivity contribution in [1.29, 1.82) is 0 Å². The zero-order valence-corrected chi connectivity index (χ0v) is 20.2. The van der Waals surface area contributed by atoms with E-state index in [2.05, 4.69) is 10.3 Å². The number of carbonyl (C=O) groups is 3. The summed E-state index contributed by atoms with van der Waals surface area (Å²) in [4.78, 5) is 45.4. The van der Waals surface area contributed by atoms with E-state index in [4.69, 9.17) is 14.2 Å². The molecule has 2 aliphatic heterocycles. The lowest BCUT2D eigenvalue weighted by atomic mass is 9.93. The molecule has 186 valence electrons. The van der Waals surface area contributed by atoms with Gasteiger partial charge in [-0.1, -0.05) is 29.8 Å². The van der Waals surface area contributed by atoms with Crippen molar-refractivity contribution in [3.8, 4) is 11.5 Å². The normalized spacial score (nSPS) is 18.4. The molecule has 0 unspecified atom stereocenters. The number of esters is 1. The summed E-state index contributed by atoms with van der Waals surface area (Å²) in [6.07, 6.45) is 1.38. The number of hydrogen-bond acceptors (Lipinski definition) is 7. The van der Waals surface area contributed by atoms with Gasteiger partial charge in [0.05, 0.1) is 20.0 Å². The first-order valence-corrected chi connectivity index (χ1v) is 11.5. The molecule has 0 bridgehead atoms. The van der Waals surface area contributed by atoms with E-state index in [1.807, 2.05) is 31.2 Å². The first-order valence-electron chi connectivity index (χ1n) is 11.5. The molecule has 0 radical (unpaired) electrons. The Labute approximate surface area is 207 Å². The van der Waals surface area contributed by atoms with Gasteiger partial charge in [-0.25, -0.2) is 9.78 Å². The van der Waals surface area contributed by atoms with Crippen LogP contribution in [0.2, 0.25) is 0 Å². The third kappa shape index (κ3) is 3.94. The van der Waals surface area contributed by atoms with Crippen LogP contribution in [0.15, 0.2) is 48.8 Å². The quantitative estimate of drug-likeness (QED) is 0.547. The maximum atomic E-state index is 13.9. The second-order valence-corrected chi connectivity index (χ2v) is 8.97. The van der Waals surface area contributed by atoms with Gasteiger partial charge in [-0.3, -0.25) is 14.5 Å². The molecule has 0 aliphatic carbocycles. The third-order valence-electron chi connectivity index (χ3n) is 6.44. The van der Waals surface area contributed by atoms with Gasteiger partial charge < -0.3 is 24.1 Å². The van der Waals surface area contributed by atoms with Crippen LogP contribution in [0.25, 0.3) is 0 Å². The Morgan fingerprint density at radius 3 is 2.56 bits per heavy atom. The van der Waals surface area contributed by atoms with Gasteiger partial charge >= 0.3 is 5.97 Å². The van der Waals surface area contributed by atoms with Crippen LogP contribution in [0.4, 0.5) is 5.69 Å². The SMILES string of the molecule is COC(=O)c1ncn2c1C(=O)N(c1ccc3c(c1)OCCO3)[C@@](C)(C(=O)NCc1ccc(C)cc1)C2. The highest BCUT2D eigenvalue weighted by molar-refractivity contribution is 6.15. The number of amides is 2. The van der Waals surface area contributed by atoms with Crippen molar-refractivity contribution in [2.45, 2.75) is 32.5 Å². The molecule has 3 aromatic rings. The number of rotatable bonds is 5. The van der Waals surface area contributed by atoms with Crippen molar-refractivity contribution in [3.63, 3.8) is 0 Å². The zero-order valence-electron chi connectivity index (χ0n) is 20.2. The Morgan fingerprint density at radius 1 is 1.11 bits per heavy atom. The van der Waals surface area contributed by atoms with E-state index >= 15 is 0 Å². The summed E-state index contributed by atoms with van der Waals surface area (Å²) in [7, 11) is 1.22. The van der Waals surface area contributed by atoms with E-state index in [0.717, 1.165) is 11.1 Å². The summed E-state index contributed by atoms with van der Waals surface area (Å²) < 4.78 is 17.7. The van der Waals surface area contributed by atoms with Crippen molar-refractivity contribution < 1.29 is 28.6 Å². The van der Waals surface area contributed by atoms with Gasteiger partial charge in [0.1, 0.15) is 24.4 Å². The topological polar surface area (TPSA) is 112 Å². The molecule has 0 fully saturated rings. The molecule has 2 amide bonds. The maximum Gasteiger partial charge on any atom is 0.359 e. The Hall–Kier alpha value is -4.34. The first-order chi connectivity index (χ1) is 17.3. The lowest BCUT2D eigenvalue weighted by molar-refractivity contribution is -0.126. The van der Waals surface area contributed by atoms with Gasteiger partial charge in [0.15, 0.2) is 17.2 Å². The first kappa shape index (κ1) is 23.4. The molecule has 2 aliphatic rings. The minimum Gasteiger partial charge on any atom is -0.486 e. The molecule has 0 spiro atoms. The largest absolute Gasteiger partial charge is 0.486 e. The maximum absolute atomic E-state index is 13.9. The van der Waals surface area contributed by atoms with Crippen molar-refractivity contribution in [3.05, 3.63) is 71.3 Å². The fraction of sp³-hybridized carbons (Fsp3) is 0.308. The van der Waals surface area contributed by atoms with Crippen LogP contribution in [-0.2, 0) is 22.6 Å². The molecule has 10 nitrogen and oxygen atoms in total. The Balaban J connectivity index is 1.55. The second-order valence-electron chi connectivity index (χ2n) is 8.97. The number of hydrogen-bond donors (Lipinski definition) is 1. The molecule has 5 rings (SSSR count). The van der Waals surface area contributed by atoms with Gasteiger partial charge in [0, 0.05) is 18.3 Å². The molecule has 1 N–H and O–H groups in total. The van der Waals surface area contributed by atoms with Crippen LogP contribution in [-0.4, -0.2) is 53.2 Å². The number of anilines is 1. The zero-order chi connectivity index (χ0) is 25.4. The molecule has 2 aromatic carbocycles. The van der Waals surface area contributed by atoms with E-state index in [1.54, 1.807) is 25.1 Å². The molecule has 3 heterocycles. The minimum absolute atomic E-state index is 0.0561. The molecule has 36 heavy (non-hydrogen) atoms. The minimum atomic E-state index is -1.34. The van der Waals surface area contributed by atoms with Gasteiger partial charge in [-0.05, 0) is 31.5 Å². The number of carbonyl (C=O) groups excluding carboxylic acids is 3. The van der Waals surface area contributed by atoms with E-state index < -0.39 is 17.4 Å². The average molecular weight is 491 g/mol. The van der Waals surface area contributed by atoms with Gasteiger partial charge in [-0.15, -0.1) is 0 Å². The van der Waals surface area contributed by atoms with Crippen molar-refractivity contribution >= 4 is 23.5 Å². The lowest BCUT2D eigenvalue weighted by Gasteiger charge is -2.43. The number of imidazole rings is 1. The highest BCUT2D eigenvalue weighted by atomic mass is 16.6. The fourth-order valence-electron chi connectivity index (χ4n) is 4.53. The van der Waals surface area contributed by atoms with Crippen LogP contribution in [0.1, 0.15) is 39.0 Å². The standard InChI is InChI=1S/C26H26N4O6/c1-16-4-6-17(7-5-16)13-27-25(33)26(2)14-29-15-28-21(24(32)34-3)22(29)23(31)30(26)18-8-9-19-20(12-18)36-11-10-35-19/h4-9,12,15H,10-11,13-14H2,1-3H3,(H,27,33)/t26-/m1/s1. The Bertz CT molecular complexity index is 1350. The number of aryl methyl sites for hydroxylation is 1. The van der Waals surface area contributed by atoms with E-state index in [9.17, 15) is 14.4 Å². The monoisotopic (exact) mass is 490 g/mol. The highest BCUT2D eigenvalue weighted by Gasteiger charge is 2.50.